The Bertz CT molecular complexity index is 1110. The highest BCUT2D eigenvalue weighted by atomic mass is 32.2. The molecular weight excluding hydrogens is 388 g/mol. The van der Waals surface area contributed by atoms with Gasteiger partial charge in [0.25, 0.3) is 5.91 Å². The van der Waals surface area contributed by atoms with E-state index in [1.165, 1.54) is 23.1 Å². The zero-order valence-electron chi connectivity index (χ0n) is 15.0. The third-order valence-electron chi connectivity index (χ3n) is 4.05. The number of pyridine rings is 2. The predicted octanol–water partition coefficient (Wildman–Crippen LogP) is 5.24. The van der Waals surface area contributed by atoms with Gasteiger partial charge in [-0.25, -0.2) is 9.97 Å². The van der Waals surface area contributed by atoms with Gasteiger partial charge in [-0.1, -0.05) is 24.3 Å². The molecule has 0 saturated carbocycles. The number of nitrogens with zero attached hydrogens (tertiary/aromatic N) is 3. The number of benzene rings is 1. The van der Waals surface area contributed by atoms with Gasteiger partial charge in [-0.2, -0.15) is 0 Å². The average molecular weight is 405 g/mol. The minimum Gasteiger partial charge on any atom is -0.298 e. The number of amides is 1. The van der Waals surface area contributed by atoms with Crippen molar-refractivity contribution < 1.29 is 4.79 Å². The highest BCUT2D eigenvalue weighted by Crippen LogP contribution is 2.28. The summed E-state index contributed by atoms with van der Waals surface area (Å²) >= 11 is 2.84. The van der Waals surface area contributed by atoms with Crippen LogP contribution < -0.4 is 5.32 Å². The van der Waals surface area contributed by atoms with Gasteiger partial charge >= 0.3 is 0 Å². The van der Waals surface area contributed by atoms with Crippen molar-refractivity contribution in [2.45, 2.75) is 5.03 Å². The second kappa shape index (κ2) is 8.33. The minimum atomic E-state index is -0.208. The molecule has 7 heteroatoms. The topological polar surface area (TPSA) is 67.8 Å². The summed E-state index contributed by atoms with van der Waals surface area (Å²) in [4.78, 5) is 25.8. The van der Waals surface area contributed by atoms with Crippen molar-refractivity contribution in [3.8, 4) is 22.5 Å². The monoisotopic (exact) mass is 404 g/mol. The van der Waals surface area contributed by atoms with Gasteiger partial charge in [0.1, 0.15) is 5.03 Å². The molecule has 0 unspecified atom stereocenters. The first-order chi connectivity index (χ1) is 13.7. The van der Waals surface area contributed by atoms with Gasteiger partial charge in [0.15, 0.2) is 5.13 Å². The molecule has 0 spiro atoms. The Morgan fingerprint density at radius 3 is 2.57 bits per heavy atom. The van der Waals surface area contributed by atoms with Crippen molar-refractivity contribution in [3.63, 3.8) is 0 Å². The number of thioether (sulfide) groups is 1. The molecule has 28 heavy (non-hydrogen) atoms. The summed E-state index contributed by atoms with van der Waals surface area (Å²) in [6.45, 7) is 0. The Morgan fingerprint density at radius 1 is 0.964 bits per heavy atom. The molecule has 3 heterocycles. The van der Waals surface area contributed by atoms with Gasteiger partial charge in [0.05, 0.1) is 17.0 Å². The van der Waals surface area contributed by atoms with Crippen molar-refractivity contribution >= 4 is 34.1 Å². The fraction of sp³-hybridized carbons (Fsp3) is 0.0476. The fourth-order valence-electron chi connectivity index (χ4n) is 2.73. The summed E-state index contributed by atoms with van der Waals surface area (Å²) in [5.74, 6) is -0.208. The zero-order chi connectivity index (χ0) is 19.3. The number of hydrogen-bond donors (Lipinski definition) is 1. The molecule has 5 nitrogen and oxygen atoms in total. The summed E-state index contributed by atoms with van der Waals surface area (Å²) in [6, 6.07) is 17.4. The molecule has 4 aromatic rings. The van der Waals surface area contributed by atoms with E-state index >= 15 is 0 Å². The molecule has 1 amide bonds. The molecule has 3 aromatic heterocycles. The first kappa shape index (κ1) is 18.3. The van der Waals surface area contributed by atoms with E-state index in [0.29, 0.717) is 15.7 Å². The van der Waals surface area contributed by atoms with Crippen molar-refractivity contribution in [1.82, 2.24) is 15.0 Å². The lowest BCUT2D eigenvalue weighted by molar-refractivity contribution is 0.102. The second-order valence-electron chi connectivity index (χ2n) is 5.85. The SMILES string of the molecule is CSc1ncccc1C(=O)Nc1nc(-c2cccc(-c3ccccn3)c2)cs1. The largest absolute Gasteiger partial charge is 0.298 e. The van der Waals surface area contributed by atoms with Crippen LogP contribution in [0.3, 0.4) is 0 Å². The number of thiazole rings is 1. The van der Waals surface area contributed by atoms with Crippen LogP contribution >= 0.6 is 23.1 Å². The van der Waals surface area contributed by atoms with Crippen LogP contribution in [0, 0.1) is 0 Å². The summed E-state index contributed by atoms with van der Waals surface area (Å²) in [7, 11) is 0. The normalized spacial score (nSPS) is 10.6. The van der Waals surface area contributed by atoms with Crippen LogP contribution in [0.4, 0.5) is 5.13 Å². The second-order valence-corrected chi connectivity index (χ2v) is 7.50. The molecule has 0 atom stereocenters. The Balaban J connectivity index is 1.56. The van der Waals surface area contributed by atoms with E-state index < -0.39 is 0 Å². The molecule has 1 N–H and O–H groups in total. The minimum absolute atomic E-state index is 0.208. The maximum atomic E-state index is 12.6. The lowest BCUT2D eigenvalue weighted by atomic mass is 10.1. The van der Waals surface area contributed by atoms with Gasteiger partial charge < -0.3 is 0 Å². The molecule has 1 aromatic carbocycles. The maximum Gasteiger partial charge on any atom is 0.260 e. The number of anilines is 1. The third-order valence-corrected chi connectivity index (χ3v) is 5.52. The molecule has 0 radical (unpaired) electrons. The maximum absolute atomic E-state index is 12.6. The molecule has 0 aliphatic rings. The Morgan fingerprint density at radius 2 is 1.79 bits per heavy atom. The first-order valence-corrected chi connectivity index (χ1v) is 10.6. The summed E-state index contributed by atoms with van der Waals surface area (Å²) < 4.78 is 0. The van der Waals surface area contributed by atoms with Gasteiger partial charge in [-0.15, -0.1) is 23.1 Å². The standard InChI is InChI=1S/C21H16N4OS2/c1-27-20-16(8-5-11-23-20)19(26)25-21-24-18(13-28-21)15-7-4-6-14(12-15)17-9-2-3-10-22-17/h2-13H,1H3,(H,24,25,26). The van der Waals surface area contributed by atoms with E-state index in [4.69, 9.17) is 0 Å². The molecule has 0 aliphatic heterocycles. The van der Waals surface area contributed by atoms with Crippen LogP contribution in [0.5, 0.6) is 0 Å². The lowest BCUT2D eigenvalue weighted by Gasteiger charge is -2.05. The van der Waals surface area contributed by atoms with Gasteiger partial charge in [0.2, 0.25) is 0 Å². The summed E-state index contributed by atoms with van der Waals surface area (Å²) in [6.07, 6.45) is 5.35. The number of aromatic nitrogens is 3. The van der Waals surface area contributed by atoms with E-state index in [-0.39, 0.29) is 5.91 Å². The van der Waals surface area contributed by atoms with Crippen LogP contribution in [0.25, 0.3) is 22.5 Å². The molecule has 0 bridgehead atoms. The quantitative estimate of drug-likeness (QED) is 0.461. The Kier molecular flexibility index (Phi) is 5.45. The van der Waals surface area contributed by atoms with E-state index in [9.17, 15) is 4.79 Å². The van der Waals surface area contributed by atoms with Gasteiger partial charge in [0, 0.05) is 28.9 Å². The first-order valence-electron chi connectivity index (χ1n) is 8.52. The van der Waals surface area contributed by atoms with Crippen LogP contribution in [0.2, 0.25) is 0 Å². The summed E-state index contributed by atoms with van der Waals surface area (Å²) in [5, 5.41) is 6.06. The van der Waals surface area contributed by atoms with Crippen molar-refractivity contribution in [3.05, 3.63) is 77.9 Å². The Labute approximate surface area is 170 Å². The van der Waals surface area contributed by atoms with Crippen LogP contribution in [-0.2, 0) is 0 Å². The molecular formula is C21H16N4OS2. The lowest BCUT2D eigenvalue weighted by Crippen LogP contribution is -2.13. The fourth-order valence-corrected chi connectivity index (χ4v) is 3.99. The van der Waals surface area contributed by atoms with Crippen LogP contribution in [0.1, 0.15) is 10.4 Å². The van der Waals surface area contributed by atoms with Gasteiger partial charge in [-0.05, 0) is 36.6 Å². The van der Waals surface area contributed by atoms with Crippen molar-refractivity contribution in [2.75, 3.05) is 11.6 Å². The molecule has 0 aliphatic carbocycles. The number of carbonyl (C=O) groups excluding carboxylic acids is 1. The number of rotatable bonds is 5. The zero-order valence-corrected chi connectivity index (χ0v) is 16.6. The third kappa shape index (κ3) is 3.95. The summed E-state index contributed by atoms with van der Waals surface area (Å²) in [5.41, 5.74) is 4.27. The smallest absolute Gasteiger partial charge is 0.260 e. The van der Waals surface area contributed by atoms with E-state index in [1.54, 1.807) is 24.5 Å². The van der Waals surface area contributed by atoms with Gasteiger partial charge in [-0.3, -0.25) is 15.1 Å². The van der Waals surface area contributed by atoms with E-state index in [1.807, 2.05) is 48.0 Å². The van der Waals surface area contributed by atoms with E-state index in [0.717, 1.165) is 22.5 Å². The van der Waals surface area contributed by atoms with Crippen molar-refractivity contribution in [1.29, 1.82) is 0 Å². The number of nitrogens with one attached hydrogen (secondary N) is 1. The highest BCUT2D eigenvalue weighted by molar-refractivity contribution is 7.98. The molecule has 138 valence electrons. The van der Waals surface area contributed by atoms with E-state index in [2.05, 4.69) is 26.3 Å². The average Bonchev–Trinajstić information content (AvgIpc) is 3.23. The molecule has 0 fully saturated rings. The predicted molar refractivity (Wildman–Crippen MR) is 115 cm³/mol. The molecule has 0 saturated heterocycles. The highest BCUT2D eigenvalue weighted by Gasteiger charge is 2.14. The number of hydrogen-bond acceptors (Lipinski definition) is 6. The molecule has 4 rings (SSSR count). The van der Waals surface area contributed by atoms with Crippen molar-refractivity contribution in [2.24, 2.45) is 0 Å². The van der Waals surface area contributed by atoms with Crippen LogP contribution in [-0.4, -0.2) is 27.1 Å². The Hall–Kier alpha value is -3.03. The number of carbonyl (C=O) groups is 1. The van der Waals surface area contributed by atoms with Crippen LogP contribution in [0.15, 0.2) is 77.4 Å².